The van der Waals surface area contributed by atoms with Crippen LogP contribution in [0.3, 0.4) is 0 Å². The standard InChI is InChI=1S/C51H79N3O14/c1-29-15-11-10-12-16-30(2)39(54(64)50(52)62)27-37-20-18-35(7)51(63,68-37)47(59)48(60)53-22-14-13-17-38(53)49(61)67-42(32(4)25-36-19-21-40(55)43(26-36)65-8)28-41(56)31(3)24-34(6)45(58)46(66-9)44(57)33(5)23-29/h10-12,15-16,24,29,31-33,35-40,42-43,45-46,55,58,63-64H,13-14,17-23,25-28H2,1-9H3,(H2,52,62)/b12-10+,15-11+,30-16+,34-24+/t29-,31-,32-,33-,35-,36+,37+,38+,39-,40-,42+,43-,45-,46+,51-/m1/s1. The van der Waals surface area contributed by atoms with Gasteiger partial charge in [0, 0.05) is 51.4 Å². The van der Waals surface area contributed by atoms with Gasteiger partial charge in [0.25, 0.3) is 11.7 Å². The van der Waals surface area contributed by atoms with Crippen LogP contribution < -0.4 is 5.73 Å². The highest BCUT2D eigenvalue weighted by Gasteiger charge is 2.53. The minimum atomic E-state index is -2.61. The van der Waals surface area contributed by atoms with E-state index >= 15 is 0 Å². The summed E-state index contributed by atoms with van der Waals surface area (Å²) >= 11 is 0. The van der Waals surface area contributed by atoms with Crippen molar-refractivity contribution < 1.29 is 68.2 Å². The Morgan fingerprint density at radius 2 is 1.63 bits per heavy atom. The van der Waals surface area contributed by atoms with Crippen LogP contribution in [0.1, 0.15) is 126 Å². The first-order chi connectivity index (χ1) is 32.0. The largest absolute Gasteiger partial charge is 0.460 e. The van der Waals surface area contributed by atoms with Gasteiger partial charge < -0.3 is 44.9 Å². The van der Waals surface area contributed by atoms with E-state index in [2.05, 4.69) is 0 Å². The molecule has 17 heteroatoms. The number of methoxy groups -OCH3 is 2. The summed E-state index contributed by atoms with van der Waals surface area (Å²) in [5, 5.41) is 45.1. The quantitative estimate of drug-likeness (QED) is 0.0745. The lowest BCUT2D eigenvalue weighted by molar-refractivity contribution is -0.266. The van der Waals surface area contributed by atoms with Crippen molar-refractivity contribution in [2.45, 2.75) is 180 Å². The molecule has 2 bridgehead atoms. The number of esters is 1. The normalized spacial score (nSPS) is 39.0. The molecule has 17 nitrogen and oxygen atoms in total. The number of primary amides is 1. The second-order valence-corrected chi connectivity index (χ2v) is 20.1. The molecule has 0 spiro atoms. The first-order valence-corrected chi connectivity index (χ1v) is 24.5. The van der Waals surface area contributed by atoms with Crippen molar-refractivity contribution in [3.63, 3.8) is 0 Å². The maximum atomic E-state index is 14.4. The van der Waals surface area contributed by atoms with Crippen molar-refractivity contribution in [1.82, 2.24) is 9.96 Å². The summed E-state index contributed by atoms with van der Waals surface area (Å²) in [7, 11) is 2.89. The Morgan fingerprint density at radius 1 is 0.926 bits per heavy atom. The molecule has 0 radical (unpaired) electrons. The maximum absolute atomic E-state index is 14.4. The van der Waals surface area contributed by atoms with Crippen molar-refractivity contribution in [2.24, 2.45) is 41.2 Å². The zero-order valence-corrected chi connectivity index (χ0v) is 41.6. The molecule has 3 amide bonds. The number of hydrogen-bond acceptors (Lipinski definition) is 14. The average molecular weight is 958 g/mol. The molecule has 0 aromatic heterocycles. The number of urea groups is 1. The van der Waals surface area contributed by atoms with Crippen LogP contribution in [-0.4, -0.2) is 141 Å². The molecule has 3 fully saturated rings. The van der Waals surface area contributed by atoms with Crippen LogP contribution in [0.25, 0.3) is 0 Å². The molecule has 6 N–H and O–H groups in total. The van der Waals surface area contributed by atoms with Crippen molar-refractivity contribution in [2.75, 3.05) is 20.8 Å². The van der Waals surface area contributed by atoms with E-state index in [1.54, 1.807) is 72.1 Å². The third kappa shape index (κ3) is 14.5. The maximum Gasteiger partial charge on any atom is 0.339 e. The molecular weight excluding hydrogens is 879 g/mol. The summed E-state index contributed by atoms with van der Waals surface area (Å²) in [5.41, 5.74) is 6.34. The Balaban J connectivity index is 1.74. The van der Waals surface area contributed by atoms with E-state index in [0.717, 1.165) is 4.90 Å². The number of aliphatic hydroxyl groups excluding tert-OH is 2. The second kappa shape index (κ2) is 25.7. The number of nitrogens with two attached hydrogens (primary N) is 1. The highest BCUT2D eigenvalue weighted by atomic mass is 16.6. The number of hydroxylamine groups is 2. The monoisotopic (exact) mass is 958 g/mol. The average Bonchev–Trinajstić information content (AvgIpc) is 3.30. The number of nitrogens with zero attached hydrogens (tertiary/aromatic N) is 2. The molecule has 15 atom stereocenters. The highest BCUT2D eigenvalue weighted by molar-refractivity contribution is 6.39. The van der Waals surface area contributed by atoms with Crippen molar-refractivity contribution in [1.29, 1.82) is 0 Å². The SMILES string of the molecule is CO[C@@H]1C[C@H](C[C@@H](C)[C@@H]2CC(=O)[C@H](C)/C=C(\C)[C@@H](O)[C@@H](OC)C(=O)[C@H](C)C[C@H](C)/C=C/C=C/C=C(\C)[C@H](N(O)C(N)=O)C[C@@H]3CC[C@@H](C)[C@@](O)(O3)C(=O)C(=O)N3CCCC[C@H]3C(=O)O2)CC[C@H]1O. The summed E-state index contributed by atoms with van der Waals surface area (Å²) in [6.45, 7) is 12.1. The molecule has 1 aliphatic carbocycles. The van der Waals surface area contributed by atoms with Gasteiger partial charge in [0.1, 0.15) is 30.1 Å². The number of ether oxygens (including phenoxy) is 4. The number of amides is 3. The van der Waals surface area contributed by atoms with E-state index in [4.69, 9.17) is 24.7 Å². The summed E-state index contributed by atoms with van der Waals surface area (Å²) in [5.74, 6) is -8.93. The van der Waals surface area contributed by atoms with Crippen LogP contribution >= 0.6 is 0 Å². The minimum Gasteiger partial charge on any atom is -0.460 e. The van der Waals surface area contributed by atoms with Gasteiger partial charge in [-0.3, -0.25) is 24.4 Å². The van der Waals surface area contributed by atoms with Gasteiger partial charge in [-0.15, -0.1) is 0 Å². The number of carbonyl (C=O) groups is 6. The van der Waals surface area contributed by atoms with Crippen molar-refractivity contribution in [3.05, 3.63) is 47.6 Å². The van der Waals surface area contributed by atoms with Gasteiger partial charge >= 0.3 is 12.0 Å². The number of aliphatic hydroxyl groups is 3. The van der Waals surface area contributed by atoms with Gasteiger partial charge in [-0.05, 0) is 107 Å². The third-order valence-corrected chi connectivity index (χ3v) is 14.7. The zero-order chi connectivity index (χ0) is 50.6. The van der Waals surface area contributed by atoms with Crippen LogP contribution in [0.2, 0.25) is 0 Å². The Bertz CT molecular complexity index is 1900. The Labute approximate surface area is 402 Å². The topological polar surface area (TPSA) is 253 Å². The molecule has 68 heavy (non-hydrogen) atoms. The molecule has 1 saturated carbocycles. The molecule has 0 unspecified atom stereocenters. The number of cyclic esters (lactones) is 1. The van der Waals surface area contributed by atoms with Crippen LogP contribution in [-0.2, 0) is 42.9 Å². The number of piperidine rings is 1. The number of rotatable bonds is 6. The number of Topliss-reactive ketones (excluding diaryl/α,β-unsaturated/α-hetero) is 3. The van der Waals surface area contributed by atoms with Crippen LogP contribution in [0, 0.1) is 35.5 Å². The summed E-state index contributed by atoms with van der Waals surface area (Å²) in [6, 6.07) is -3.40. The van der Waals surface area contributed by atoms with Gasteiger partial charge in [0.05, 0.1) is 24.4 Å². The lowest BCUT2D eigenvalue weighted by Crippen LogP contribution is -2.61. The van der Waals surface area contributed by atoms with Gasteiger partial charge in [0.2, 0.25) is 5.79 Å². The smallest absolute Gasteiger partial charge is 0.339 e. The molecule has 4 rings (SSSR count). The predicted molar refractivity (Wildman–Crippen MR) is 251 cm³/mol. The number of carbonyl (C=O) groups excluding carboxylic acids is 6. The molecule has 3 heterocycles. The molecular formula is C51H79N3O14. The number of hydrogen-bond donors (Lipinski definition) is 5. The van der Waals surface area contributed by atoms with Gasteiger partial charge in [-0.25, -0.2) is 9.59 Å². The molecule has 3 aliphatic heterocycles. The Hall–Kier alpha value is -4.10. The van der Waals surface area contributed by atoms with E-state index in [1.807, 2.05) is 19.9 Å². The predicted octanol–water partition coefficient (Wildman–Crippen LogP) is 5.30. The van der Waals surface area contributed by atoms with E-state index in [9.17, 15) is 49.3 Å². The first kappa shape index (κ1) is 56.5. The zero-order valence-electron chi connectivity index (χ0n) is 41.6. The fourth-order valence-electron chi connectivity index (χ4n) is 10.3. The van der Waals surface area contributed by atoms with Gasteiger partial charge in [0.15, 0.2) is 5.78 Å². The second-order valence-electron chi connectivity index (χ2n) is 20.1. The van der Waals surface area contributed by atoms with Crippen LogP contribution in [0.15, 0.2) is 47.6 Å². The summed E-state index contributed by atoms with van der Waals surface area (Å²) in [6.07, 6.45) is 9.06. The molecule has 4 aliphatic rings. The molecule has 0 aromatic carbocycles. The molecule has 0 aromatic rings. The fourth-order valence-corrected chi connectivity index (χ4v) is 10.3. The molecule has 382 valence electrons. The minimum absolute atomic E-state index is 0.0130. The Morgan fingerprint density at radius 3 is 2.29 bits per heavy atom. The lowest BCUT2D eigenvalue weighted by atomic mass is 9.78. The Kier molecular flexibility index (Phi) is 21.3. The number of allylic oxidation sites excluding steroid dienone is 6. The van der Waals surface area contributed by atoms with E-state index in [0.29, 0.717) is 67.6 Å². The van der Waals surface area contributed by atoms with Crippen LogP contribution in [0.5, 0.6) is 0 Å². The highest BCUT2D eigenvalue weighted by Crippen LogP contribution is 2.38. The van der Waals surface area contributed by atoms with Crippen LogP contribution in [0.4, 0.5) is 4.79 Å². The fraction of sp³-hybridized carbons (Fsp3) is 0.725. The van der Waals surface area contributed by atoms with E-state index in [-0.39, 0.29) is 67.7 Å². The van der Waals surface area contributed by atoms with Gasteiger partial charge in [-0.1, -0.05) is 71.1 Å². The van der Waals surface area contributed by atoms with Crippen molar-refractivity contribution >= 4 is 35.3 Å². The summed E-state index contributed by atoms with van der Waals surface area (Å²) in [4.78, 5) is 84.2. The lowest BCUT2D eigenvalue weighted by Gasteiger charge is -2.43. The van der Waals surface area contributed by atoms with Crippen molar-refractivity contribution in [3.8, 4) is 0 Å². The van der Waals surface area contributed by atoms with E-state index in [1.165, 1.54) is 7.11 Å². The third-order valence-electron chi connectivity index (χ3n) is 14.7. The summed E-state index contributed by atoms with van der Waals surface area (Å²) < 4.78 is 23.4. The molecule has 2 saturated heterocycles. The first-order valence-electron chi connectivity index (χ1n) is 24.5. The van der Waals surface area contributed by atoms with E-state index < -0.39 is 89.8 Å². The number of ketones is 3. The van der Waals surface area contributed by atoms with Gasteiger partial charge in [-0.2, -0.15) is 5.06 Å². The number of fused-ring (bicyclic) bond motifs is 3.